The summed E-state index contributed by atoms with van der Waals surface area (Å²) in [6, 6.07) is 15.1. The zero-order valence-corrected chi connectivity index (χ0v) is 13.6. The summed E-state index contributed by atoms with van der Waals surface area (Å²) in [6.07, 6.45) is 1.13. The van der Waals surface area contributed by atoms with Gasteiger partial charge in [-0.15, -0.1) is 0 Å². The maximum atomic E-state index is 12.1. The zero-order chi connectivity index (χ0) is 15.9. The van der Waals surface area contributed by atoms with Crippen LogP contribution in [0.3, 0.4) is 0 Å². The molecule has 22 heavy (non-hydrogen) atoms. The Kier molecular flexibility index (Phi) is 5.84. The minimum atomic E-state index is 0.0866. The van der Waals surface area contributed by atoms with E-state index >= 15 is 0 Å². The molecular formula is C18H20ClNO2. The molecule has 0 aliphatic rings. The number of rotatable bonds is 6. The third-order valence-electron chi connectivity index (χ3n) is 3.41. The van der Waals surface area contributed by atoms with E-state index in [0.717, 1.165) is 11.4 Å². The highest BCUT2D eigenvalue weighted by Gasteiger charge is 2.10. The van der Waals surface area contributed by atoms with Gasteiger partial charge in [0.05, 0.1) is 6.61 Å². The van der Waals surface area contributed by atoms with Crippen LogP contribution in [0, 0.1) is 6.92 Å². The van der Waals surface area contributed by atoms with E-state index in [1.807, 2.05) is 43.3 Å². The molecule has 2 aromatic rings. The SMILES string of the molecule is Cc1ccc(N(C)C(=O)CCCOc2ccc(Cl)cc2)cc1. The summed E-state index contributed by atoms with van der Waals surface area (Å²) in [5.41, 5.74) is 2.09. The van der Waals surface area contributed by atoms with Crippen molar-refractivity contribution in [1.29, 1.82) is 0 Å². The highest BCUT2D eigenvalue weighted by molar-refractivity contribution is 6.30. The smallest absolute Gasteiger partial charge is 0.226 e. The lowest BCUT2D eigenvalue weighted by Gasteiger charge is -2.17. The van der Waals surface area contributed by atoms with E-state index in [9.17, 15) is 4.79 Å². The van der Waals surface area contributed by atoms with E-state index in [1.54, 1.807) is 24.1 Å². The molecule has 2 rings (SSSR count). The van der Waals surface area contributed by atoms with Crippen molar-refractivity contribution in [2.24, 2.45) is 0 Å². The van der Waals surface area contributed by atoms with Gasteiger partial charge in [-0.3, -0.25) is 4.79 Å². The molecule has 0 bridgehead atoms. The van der Waals surface area contributed by atoms with E-state index in [-0.39, 0.29) is 5.91 Å². The van der Waals surface area contributed by atoms with Gasteiger partial charge in [-0.1, -0.05) is 29.3 Å². The van der Waals surface area contributed by atoms with E-state index < -0.39 is 0 Å². The Bertz CT molecular complexity index is 608. The van der Waals surface area contributed by atoms with Crippen molar-refractivity contribution in [3.63, 3.8) is 0 Å². The number of hydrogen-bond donors (Lipinski definition) is 0. The highest BCUT2D eigenvalue weighted by atomic mass is 35.5. The normalized spacial score (nSPS) is 10.3. The summed E-state index contributed by atoms with van der Waals surface area (Å²) in [5, 5.41) is 0.683. The molecule has 0 aliphatic carbocycles. The summed E-state index contributed by atoms with van der Waals surface area (Å²) >= 11 is 5.81. The van der Waals surface area contributed by atoms with Crippen molar-refractivity contribution >= 4 is 23.2 Å². The lowest BCUT2D eigenvalue weighted by molar-refractivity contribution is -0.118. The third kappa shape index (κ3) is 4.78. The van der Waals surface area contributed by atoms with Crippen LogP contribution in [-0.2, 0) is 4.79 Å². The van der Waals surface area contributed by atoms with Crippen LogP contribution in [0.1, 0.15) is 18.4 Å². The summed E-state index contributed by atoms with van der Waals surface area (Å²) in [5.74, 6) is 0.854. The monoisotopic (exact) mass is 317 g/mol. The van der Waals surface area contributed by atoms with Crippen molar-refractivity contribution in [2.45, 2.75) is 19.8 Å². The lowest BCUT2D eigenvalue weighted by atomic mass is 10.2. The highest BCUT2D eigenvalue weighted by Crippen LogP contribution is 2.17. The van der Waals surface area contributed by atoms with Gasteiger partial charge in [0.2, 0.25) is 5.91 Å². The fourth-order valence-electron chi connectivity index (χ4n) is 2.02. The number of aryl methyl sites for hydroxylation is 1. The minimum Gasteiger partial charge on any atom is -0.494 e. The van der Waals surface area contributed by atoms with E-state index in [1.165, 1.54) is 5.56 Å². The average molecular weight is 318 g/mol. The Labute approximate surface area is 136 Å². The largest absolute Gasteiger partial charge is 0.494 e. The van der Waals surface area contributed by atoms with Gasteiger partial charge in [0.15, 0.2) is 0 Å². The summed E-state index contributed by atoms with van der Waals surface area (Å²) in [6.45, 7) is 2.54. The maximum Gasteiger partial charge on any atom is 0.226 e. The van der Waals surface area contributed by atoms with Gasteiger partial charge in [0.25, 0.3) is 0 Å². The standard InChI is InChI=1S/C18H20ClNO2/c1-14-5-9-16(10-6-14)20(2)18(21)4-3-13-22-17-11-7-15(19)8-12-17/h5-12H,3-4,13H2,1-2H3. The summed E-state index contributed by atoms with van der Waals surface area (Å²) in [7, 11) is 1.80. The van der Waals surface area contributed by atoms with Crippen molar-refractivity contribution in [1.82, 2.24) is 0 Å². The number of carbonyl (C=O) groups excluding carboxylic acids is 1. The fraction of sp³-hybridized carbons (Fsp3) is 0.278. The van der Waals surface area contributed by atoms with Crippen molar-refractivity contribution < 1.29 is 9.53 Å². The van der Waals surface area contributed by atoms with E-state index in [2.05, 4.69) is 0 Å². The molecule has 4 heteroatoms. The Balaban J connectivity index is 1.75. The predicted octanol–water partition coefficient (Wildman–Crippen LogP) is 4.47. The second-order valence-electron chi connectivity index (χ2n) is 5.19. The molecule has 0 atom stereocenters. The van der Waals surface area contributed by atoms with Crippen LogP contribution in [0.2, 0.25) is 5.02 Å². The first-order valence-electron chi connectivity index (χ1n) is 7.28. The molecule has 0 fully saturated rings. The zero-order valence-electron chi connectivity index (χ0n) is 12.9. The molecule has 0 heterocycles. The van der Waals surface area contributed by atoms with Gasteiger partial charge in [0, 0.05) is 24.2 Å². The minimum absolute atomic E-state index is 0.0866. The number of amides is 1. The first-order valence-corrected chi connectivity index (χ1v) is 7.65. The average Bonchev–Trinajstić information content (AvgIpc) is 2.53. The Morgan fingerprint density at radius 3 is 2.36 bits per heavy atom. The van der Waals surface area contributed by atoms with Crippen molar-refractivity contribution in [3.05, 3.63) is 59.1 Å². The van der Waals surface area contributed by atoms with Crippen LogP contribution in [0.5, 0.6) is 5.75 Å². The molecule has 116 valence electrons. The number of benzene rings is 2. The Morgan fingerprint density at radius 1 is 1.09 bits per heavy atom. The molecule has 0 unspecified atom stereocenters. The molecule has 0 N–H and O–H groups in total. The molecule has 0 aromatic heterocycles. The molecule has 1 amide bonds. The number of halogens is 1. The molecule has 0 saturated heterocycles. The van der Waals surface area contributed by atoms with Crippen LogP contribution in [0.4, 0.5) is 5.69 Å². The number of nitrogens with zero attached hydrogens (tertiary/aromatic N) is 1. The topological polar surface area (TPSA) is 29.5 Å². The second kappa shape index (κ2) is 7.85. The quantitative estimate of drug-likeness (QED) is 0.736. The summed E-state index contributed by atoms with van der Waals surface area (Å²) < 4.78 is 5.58. The third-order valence-corrected chi connectivity index (χ3v) is 3.66. The lowest BCUT2D eigenvalue weighted by Crippen LogP contribution is -2.26. The van der Waals surface area contributed by atoms with Gasteiger partial charge < -0.3 is 9.64 Å². The van der Waals surface area contributed by atoms with Gasteiger partial charge in [0.1, 0.15) is 5.75 Å². The first-order chi connectivity index (χ1) is 10.6. The number of ether oxygens (including phenoxy) is 1. The number of hydrogen-bond acceptors (Lipinski definition) is 2. The van der Waals surface area contributed by atoms with Crippen LogP contribution in [0.25, 0.3) is 0 Å². The van der Waals surface area contributed by atoms with Crippen LogP contribution in [-0.4, -0.2) is 19.6 Å². The van der Waals surface area contributed by atoms with Gasteiger partial charge in [-0.2, -0.15) is 0 Å². The van der Waals surface area contributed by atoms with Crippen LogP contribution >= 0.6 is 11.6 Å². The Morgan fingerprint density at radius 2 is 1.73 bits per heavy atom. The van der Waals surface area contributed by atoms with Crippen LogP contribution < -0.4 is 9.64 Å². The summed E-state index contributed by atoms with van der Waals surface area (Å²) in [4.78, 5) is 13.8. The molecule has 0 spiro atoms. The number of anilines is 1. The second-order valence-corrected chi connectivity index (χ2v) is 5.63. The first kappa shape index (κ1) is 16.4. The van der Waals surface area contributed by atoms with Crippen molar-refractivity contribution in [3.8, 4) is 5.75 Å². The van der Waals surface area contributed by atoms with Gasteiger partial charge >= 0.3 is 0 Å². The molecule has 0 saturated carbocycles. The van der Waals surface area contributed by atoms with Crippen LogP contribution in [0.15, 0.2) is 48.5 Å². The predicted molar refractivity (Wildman–Crippen MR) is 90.8 cm³/mol. The molecule has 2 aromatic carbocycles. The molecule has 0 aliphatic heterocycles. The van der Waals surface area contributed by atoms with E-state index in [0.29, 0.717) is 24.5 Å². The number of carbonyl (C=O) groups is 1. The Hall–Kier alpha value is -2.00. The maximum absolute atomic E-state index is 12.1. The van der Waals surface area contributed by atoms with Gasteiger partial charge in [-0.25, -0.2) is 0 Å². The molecule has 3 nitrogen and oxygen atoms in total. The van der Waals surface area contributed by atoms with Crippen molar-refractivity contribution in [2.75, 3.05) is 18.6 Å². The van der Waals surface area contributed by atoms with Gasteiger partial charge in [-0.05, 0) is 49.7 Å². The molecule has 0 radical (unpaired) electrons. The van der Waals surface area contributed by atoms with E-state index in [4.69, 9.17) is 16.3 Å². The fourth-order valence-corrected chi connectivity index (χ4v) is 2.15. The molecular weight excluding hydrogens is 298 g/mol.